The average Bonchev–Trinajstić information content (AvgIpc) is 3.03. The Bertz CT molecular complexity index is 485. The zero-order chi connectivity index (χ0) is 32.2. The van der Waals surface area contributed by atoms with Gasteiger partial charge in [0.25, 0.3) is 0 Å². The van der Waals surface area contributed by atoms with Gasteiger partial charge in [-0.15, -0.1) is 6.58 Å². The van der Waals surface area contributed by atoms with Crippen molar-refractivity contribution >= 4 is 0 Å². The van der Waals surface area contributed by atoms with Gasteiger partial charge in [-0.3, -0.25) is 4.90 Å². The molecule has 0 bridgehead atoms. The minimum absolute atomic E-state index is 0.690. The van der Waals surface area contributed by atoms with E-state index >= 15 is 0 Å². The van der Waals surface area contributed by atoms with Gasteiger partial charge >= 0.3 is 0 Å². The summed E-state index contributed by atoms with van der Waals surface area (Å²) in [6.07, 6.45) is 51.3. The smallest absolute Gasteiger partial charge is 0.0166 e. The molecule has 0 spiro atoms. The normalized spacial score (nSPS) is 13.1. The molecule has 0 aliphatic heterocycles. The van der Waals surface area contributed by atoms with E-state index in [0.717, 1.165) is 6.54 Å². The molecule has 2 unspecified atom stereocenters. The third-order valence-corrected chi connectivity index (χ3v) is 10.4. The molecule has 0 N–H and O–H groups in total. The van der Waals surface area contributed by atoms with E-state index in [-0.39, 0.29) is 0 Å². The highest BCUT2D eigenvalue weighted by molar-refractivity contribution is 4.81. The molecular formula is C43H87N. The van der Waals surface area contributed by atoms with Crippen LogP contribution in [0.1, 0.15) is 246 Å². The fraction of sp³-hybridized carbons (Fsp3) is 0.953. The molecular weight excluding hydrogens is 530 g/mol. The van der Waals surface area contributed by atoms with Gasteiger partial charge in [0, 0.05) is 18.6 Å². The van der Waals surface area contributed by atoms with E-state index in [0.29, 0.717) is 12.1 Å². The second-order valence-electron chi connectivity index (χ2n) is 14.9. The molecule has 0 heterocycles. The van der Waals surface area contributed by atoms with Crippen molar-refractivity contribution in [1.82, 2.24) is 4.90 Å². The maximum atomic E-state index is 4.08. The second kappa shape index (κ2) is 37.2. The van der Waals surface area contributed by atoms with E-state index < -0.39 is 0 Å². The van der Waals surface area contributed by atoms with Crippen molar-refractivity contribution in [1.29, 1.82) is 0 Å². The van der Waals surface area contributed by atoms with Crippen molar-refractivity contribution < 1.29 is 0 Å². The molecule has 0 amide bonds. The minimum Gasteiger partial charge on any atom is -0.294 e. The standard InChI is InChI=1S/C43H87N/c1-6-9-11-13-15-17-19-21-23-25-27-29-31-33-35-37-39-42(4)44(41-8-3)43(5)40-38-36-34-32-30-28-26-24-22-20-18-16-14-12-10-7-2/h8,42-43H,3,6-7,9-41H2,1-2,4-5H3. The molecule has 1 nitrogen and oxygen atoms in total. The van der Waals surface area contributed by atoms with Crippen LogP contribution in [0, 0.1) is 0 Å². The molecule has 2 atom stereocenters. The molecule has 1 heteroatoms. The van der Waals surface area contributed by atoms with E-state index in [2.05, 4.69) is 45.2 Å². The highest BCUT2D eigenvalue weighted by atomic mass is 15.2. The molecule has 0 aliphatic rings. The van der Waals surface area contributed by atoms with Gasteiger partial charge in [-0.05, 0) is 26.7 Å². The number of unbranched alkanes of at least 4 members (excludes halogenated alkanes) is 30. The molecule has 0 saturated carbocycles. The van der Waals surface area contributed by atoms with Gasteiger partial charge in [0.2, 0.25) is 0 Å². The SMILES string of the molecule is C=CCN(C(C)CCCCCCCCCCCCCCCCCC)C(C)CCCCCCCCCCCCCCCCCC. The molecule has 0 rings (SSSR count). The maximum absolute atomic E-state index is 4.08. The van der Waals surface area contributed by atoms with E-state index in [1.807, 2.05) is 0 Å². The van der Waals surface area contributed by atoms with Gasteiger partial charge < -0.3 is 0 Å². The van der Waals surface area contributed by atoms with Crippen molar-refractivity contribution in [3.8, 4) is 0 Å². The fourth-order valence-electron chi connectivity index (χ4n) is 7.25. The largest absolute Gasteiger partial charge is 0.294 e. The molecule has 0 radical (unpaired) electrons. The number of rotatable bonds is 38. The van der Waals surface area contributed by atoms with Crippen molar-refractivity contribution in [3.05, 3.63) is 12.7 Å². The Morgan fingerprint density at radius 3 is 0.773 bits per heavy atom. The fourth-order valence-corrected chi connectivity index (χ4v) is 7.25. The molecule has 0 fully saturated rings. The van der Waals surface area contributed by atoms with Crippen LogP contribution in [0.5, 0.6) is 0 Å². The van der Waals surface area contributed by atoms with Crippen molar-refractivity contribution in [3.63, 3.8) is 0 Å². The minimum atomic E-state index is 0.690. The van der Waals surface area contributed by atoms with E-state index in [9.17, 15) is 0 Å². The first-order valence-corrected chi connectivity index (χ1v) is 21.0. The van der Waals surface area contributed by atoms with Gasteiger partial charge in [-0.25, -0.2) is 0 Å². The number of hydrogen-bond donors (Lipinski definition) is 0. The van der Waals surface area contributed by atoms with Crippen LogP contribution in [-0.2, 0) is 0 Å². The molecule has 0 saturated heterocycles. The van der Waals surface area contributed by atoms with E-state index in [1.165, 1.54) is 218 Å². The summed E-state index contributed by atoms with van der Waals surface area (Å²) in [7, 11) is 0. The summed E-state index contributed by atoms with van der Waals surface area (Å²) in [6.45, 7) is 14.7. The lowest BCUT2D eigenvalue weighted by Gasteiger charge is -2.34. The van der Waals surface area contributed by atoms with Crippen molar-refractivity contribution in [2.45, 2.75) is 258 Å². The van der Waals surface area contributed by atoms with Crippen LogP contribution in [-0.4, -0.2) is 23.5 Å². The van der Waals surface area contributed by atoms with Crippen LogP contribution in [0.3, 0.4) is 0 Å². The Labute approximate surface area is 281 Å². The van der Waals surface area contributed by atoms with Crippen LogP contribution >= 0.6 is 0 Å². The van der Waals surface area contributed by atoms with Crippen LogP contribution < -0.4 is 0 Å². The monoisotopic (exact) mass is 618 g/mol. The van der Waals surface area contributed by atoms with Crippen LogP contribution in [0.15, 0.2) is 12.7 Å². The third-order valence-electron chi connectivity index (χ3n) is 10.4. The summed E-state index contributed by atoms with van der Waals surface area (Å²) in [4.78, 5) is 2.74. The quantitative estimate of drug-likeness (QED) is 0.0492. The Balaban J connectivity index is 3.61. The Morgan fingerprint density at radius 2 is 0.568 bits per heavy atom. The topological polar surface area (TPSA) is 3.24 Å². The molecule has 0 aromatic heterocycles. The van der Waals surface area contributed by atoms with Crippen LogP contribution in [0.2, 0.25) is 0 Å². The van der Waals surface area contributed by atoms with E-state index in [1.54, 1.807) is 0 Å². The van der Waals surface area contributed by atoms with Crippen LogP contribution in [0.25, 0.3) is 0 Å². The lowest BCUT2D eigenvalue weighted by molar-refractivity contribution is 0.152. The molecule has 0 aliphatic carbocycles. The van der Waals surface area contributed by atoms with E-state index in [4.69, 9.17) is 0 Å². The zero-order valence-electron chi connectivity index (χ0n) is 31.6. The third kappa shape index (κ3) is 31.7. The second-order valence-corrected chi connectivity index (χ2v) is 14.9. The number of hydrogen-bond acceptors (Lipinski definition) is 1. The summed E-state index contributed by atoms with van der Waals surface area (Å²) in [6, 6.07) is 1.38. The van der Waals surface area contributed by atoms with Gasteiger partial charge in [-0.1, -0.05) is 225 Å². The average molecular weight is 618 g/mol. The van der Waals surface area contributed by atoms with Crippen molar-refractivity contribution in [2.24, 2.45) is 0 Å². The van der Waals surface area contributed by atoms with Crippen molar-refractivity contribution in [2.75, 3.05) is 6.54 Å². The highest BCUT2D eigenvalue weighted by Crippen LogP contribution is 2.20. The first-order valence-electron chi connectivity index (χ1n) is 21.0. The summed E-state index contributed by atoms with van der Waals surface area (Å²) in [5, 5.41) is 0. The predicted octanol–water partition coefficient (Wildman–Crippen LogP) is 15.6. The molecule has 264 valence electrons. The first-order chi connectivity index (χ1) is 21.7. The molecule has 0 aromatic carbocycles. The summed E-state index contributed by atoms with van der Waals surface area (Å²) < 4.78 is 0. The predicted molar refractivity (Wildman–Crippen MR) is 204 cm³/mol. The highest BCUT2D eigenvalue weighted by Gasteiger charge is 2.18. The summed E-state index contributed by atoms with van der Waals surface area (Å²) in [5.41, 5.74) is 0. The van der Waals surface area contributed by atoms with Gasteiger partial charge in [0.15, 0.2) is 0 Å². The lowest BCUT2D eigenvalue weighted by atomic mass is 10.0. The number of nitrogens with zero attached hydrogens (tertiary/aromatic N) is 1. The van der Waals surface area contributed by atoms with Gasteiger partial charge in [-0.2, -0.15) is 0 Å². The van der Waals surface area contributed by atoms with Gasteiger partial charge in [0.1, 0.15) is 0 Å². The maximum Gasteiger partial charge on any atom is 0.0166 e. The lowest BCUT2D eigenvalue weighted by Crippen LogP contribution is -2.40. The first kappa shape index (κ1) is 43.7. The Morgan fingerprint density at radius 1 is 0.364 bits per heavy atom. The molecule has 44 heavy (non-hydrogen) atoms. The van der Waals surface area contributed by atoms with Crippen LogP contribution in [0.4, 0.5) is 0 Å². The zero-order valence-corrected chi connectivity index (χ0v) is 31.6. The summed E-state index contributed by atoms with van der Waals surface area (Å²) in [5.74, 6) is 0. The Hall–Kier alpha value is -0.300. The Kier molecular flexibility index (Phi) is 36.9. The van der Waals surface area contributed by atoms with Gasteiger partial charge in [0.05, 0.1) is 0 Å². The summed E-state index contributed by atoms with van der Waals surface area (Å²) >= 11 is 0. The molecule has 0 aromatic rings.